The van der Waals surface area contributed by atoms with Gasteiger partial charge in [0.2, 0.25) is 0 Å². The molecule has 0 spiro atoms. The van der Waals surface area contributed by atoms with Crippen molar-refractivity contribution in [1.82, 2.24) is 0 Å². The van der Waals surface area contributed by atoms with Crippen molar-refractivity contribution in [2.45, 2.75) is 33.1 Å². The normalized spacial score (nSPS) is 14.9. The maximum atomic E-state index is 12.0. The summed E-state index contributed by atoms with van der Waals surface area (Å²) < 4.78 is 5.44. The highest BCUT2D eigenvalue weighted by Crippen LogP contribution is 2.32. The molecule has 0 atom stereocenters. The van der Waals surface area contributed by atoms with E-state index in [-0.39, 0.29) is 17.9 Å². The molecule has 4 heteroatoms. The van der Waals surface area contributed by atoms with Crippen molar-refractivity contribution in [3.63, 3.8) is 0 Å². The summed E-state index contributed by atoms with van der Waals surface area (Å²) in [6.07, 6.45) is 3.16. The van der Waals surface area contributed by atoms with Gasteiger partial charge >= 0.3 is 0 Å². The fraction of sp³-hybridized carbons (Fsp3) is 0.562. The molecule has 0 saturated heterocycles. The largest absolute Gasteiger partial charge is 0.482 e. The van der Waals surface area contributed by atoms with Crippen LogP contribution in [0.4, 0.5) is 5.69 Å². The van der Waals surface area contributed by atoms with E-state index in [9.17, 15) is 4.79 Å². The lowest BCUT2D eigenvalue weighted by atomic mass is 9.87. The number of unbranched alkanes of at least 4 members (excludes halogenated alkanes) is 1. The van der Waals surface area contributed by atoms with Crippen molar-refractivity contribution in [3.05, 3.63) is 24.3 Å². The van der Waals surface area contributed by atoms with Crippen molar-refractivity contribution in [2.75, 3.05) is 24.6 Å². The first kappa shape index (κ1) is 14.9. The molecule has 0 aromatic heterocycles. The van der Waals surface area contributed by atoms with E-state index in [1.165, 1.54) is 0 Å². The molecule has 0 bridgehead atoms. The zero-order valence-electron chi connectivity index (χ0n) is 12.4. The zero-order chi connectivity index (χ0) is 14.6. The van der Waals surface area contributed by atoms with Gasteiger partial charge in [0.05, 0.1) is 5.69 Å². The van der Waals surface area contributed by atoms with Crippen LogP contribution in [0.25, 0.3) is 0 Å². The Labute approximate surface area is 120 Å². The molecule has 1 amide bonds. The molecule has 20 heavy (non-hydrogen) atoms. The van der Waals surface area contributed by atoms with Crippen LogP contribution < -0.4 is 15.4 Å². The summed E-state index contributed by atoms with van der Waals surface area (Å²) in [7, 11) is 0. The Bertz CT molecular complexity index is 471. The van der Waals surface area contributed by atoms with Crippen LogP contribution in [-0.4, -0.2) is 25.6 Å². The molecule has 2 N–H and O–H groups in total. The molecule has 1 aromatic carbocycles. The van der Waals surface area contributed by atoms with Crippen molar-refractivity contribution >= 4 is 11.6 Å². The molecule has 1 heterocycles. The number of nitrogens with two attached hydrogens (primary N) is 1. The Kier molecular flexibility index (Phi) is 4.65. The molecule has 110 valence electrons. The predicted octanol–water partition coefficient (Wildman–Crippen LogP) is 2.57. The number of anilines is 1. The third kappa shape index (κ3) is 3.51. The van der Waals surface area contributed by atoms with E-state index < -0.39 is 0 Å². The van der Waals surface area contributed by atoms with Gasteiger partial charge in [0.15, 0.2) is 6.61 Å². The van der Waals surface area contributed by atoms with Crippen LogP contribution in [-0.2, 0) is 4.79 Å². The number of fused-ring (bicyclic) bond motifs is 1. The fourth-order valence-electron chi connectivity index (χ4n) is 2.37. The SMILES string of the molecule is CC(C)(CN)CCCCN1C(=O)COc2ccccc21. The first-order valence-electron chi connectivity index (χ1n) is 7.26. The lowest BCUT2D eigenvalue weighted by molar-refractivity contribution is -0.121. The molecule has 1 aliphatic rings. The van der Waals surface area contributed by atoms with E-state index in [1.807, 2.05) is 29.2 Å². The molecular weight excluding hydrogens is 252 g/mol. The molecule has 0 radical (unpaired) electrons. The zero-order valence-corrected chi connectivity index (χ0v) is 12.4. The smallest absolute Gasteiger partial charge is 0.265 e. The number of hydrogen-bond acceptors (Lipinski definition) is 3. The Hall–Kier alpha value is -1.55. The average Bonchev–Trinajstić information content (AvgIpc) is 2.45. The molecule has 0 aliphatic carbocycles. The number of ether oxygens (including phenoxy) is 1. The number of carbonyl (C=O) groups excluding carboxylic acids is 1. The summed E-state index contributed by atoms with van der Waals surface area (Å²) >= 11 is 0. The number of amides is 1. The molecular formula is C16H24N2O2. The van der Waals surface area contributed by atoms with Gasteiger partial charge in [-0.25, -0.2) is 0 Å². The molecule has 0 unspecified atom stereocenters. The van der Waals surface area contributed by atoms with Crippen LogP contribution in [0.5, 0.6) is 5.75 Å². The standard InChI is InChI=1S/C16H24N2O2/c1-16(2,12-17)9-5-6-10-18-13-7-3-4-8-14(13)20-11-15(18)19/h3-4,7-8H,5-6,9-12,17H2,1-2H3. The first-order chi connectivity index (χ1) is 9.53. The third-order valence-electron chi connectivity index (χ3n) is 3.85. The number of para-hydroxylation sites is 2. The van der Waals surface area contributed by atoms with E-state index in [2.05, 4.69) is 13.8 Å². The topological polar surface area (TPSA) is 55.6 Å². The minimum atomic E-state index is 0.0433. The molecule has 2 rings (SSSR count). The fourth-order valence-corrected chi connectivity index (χ4v) is 2.37. The van der Waals surface area contributed by atoms with Crippen LogP contribution in [0.1, 0.15) is 33.1 Å². The van der Waals surface area contributed by atoms with E-state index in [1.54, 1.807) is 0 Å². The Balaban J connectivity index is 1.91. The number of rotatable bonds is 6. The molecule has 1 aliphatic heterocycles. The highest BCUT2D eigenvalue weighted by Gasteiger charge is 2.24. The maximum absolute atomic E-state index is 12.0. The van der Waals surface area contributed by atoms with Crippen molar-refractivity contribution < 1.29 is 9.53 Å². The third-order valence-corrected chi connectivity index (χ3v) is 3.85. The molecule has 1 aromatic rings. The minimum Gasteiger partial charge on any atom is -0.482 e. The summed E-state index contributed by atoms with van der Waals surface area (Å²) in [5.41, 5.74) is 6.81. The van der Waals surface area contributed by atoms with Gasteiger partial charge in [-0.3, -0.25) is 4.79 Å². The Morgan fingerprint density at radius 3 is 2.80 bits per heavy atom. The lowest BCUT2D eigenvalue weighted by Gasteiger charge is -2.29. The lowest BCUT2D eigenvalue weighted by Crippen LogP contribution is -2.39. The van der Waals surface area contributed by atoms with Gasteiger partial charge in [0.25, 0.3) is 5.91 Å². The highest BCUT2D eigenvalue weighted by molar-refractivity contribution is 5.97. The summed E-state index contributed by atoms with van der Waals surface area (Å²) in [6.45, 7) is 5.96. The summed E-state index contributed by atoms with van der Waals surface area (Å²) in [6, 6.07) is 7.71. The second kappa shape index (κ2) is 6.27. The van der Waals surface area contributed by atoms with Gasteiger partial charge in [-0.15, -0.1) is 0 Å². The Morgan fingerprint density at radius 1 is 1.30 bits per heavy atom. The van der Waals surface area contributed by atoms with Crippen LogP contribution in [0.15, 0.2) is 24.3 Å². The van der Waals surface area contributed by atoms with E-state index in [0.29, 0.717) is 6.54 Å². The van der Waals surface area contributed by atoms with Gasteiger partial charge in [-0.05, 0) is 36.9 Å². The van der Waals surface area contributed by atoms with Gasteiger partial charge in [0, 0.05) is 6.54 Å². The van der Waals surface area contributed by atoms with Crippen molar-refractivity contribution in [1.29, 1.82) is 0 Å². The summed E-state index contributed by atoms with van der Waals surface area (Å²) in [5.74, 6) is 0.844. The minimum absolute atomic E-state index is 0.0433. The van der Waals surface area contributed by atoms with Crippen molar-refractivity contribution in [3.8, 4) is 5.75 Å². The van der Waals surface area contributed by atoms with Crippen LogP contribution in [0.3, 0.4) is 0 Å². The van der Waals surface area contributed by atoms with E-state index in [4.69, 9.17) is 10.5 Å². The van der Waals surface area contributed by atoms with Gasteiger partial charge in [0.1, 0.15) is 5.75 Å². The molecule has 0 fully saturated rings. The number of hydrogen-bond donors (Lipinski definition) is 1. The highest BCUT2D eigenvalue weighted by atomic mass is 16.5. The summed E-state index contributed by atoms with van der Waals surface area (Å²) in [5, 5.41) is 0. The van der Waals surface area contributed by atoms with E-state index in [0.717, 1.165) is 37.2 Å². The molecule has 0 saturated carbocycles. The average molecular weight is 276 g/mol. The van der Waals surface area contributed by atoms with E-state index >= 15 is 0 Å². The second-order valence-corrected chi connectivity index (χ2v) is 6.13. The van der Waals surface area contributed by atoms with Gasteiger partial charge < -0.3 is 15.4 Å². The number of carbonyl (C=O) groups is 1. The summed E-state index contributed by atoms with van der Waals surface area (Å²) in [4.78, 5) is 13.8. The first-order valence-corrected chi connectivity index (χ1v) is 7.26. The number of nitrogens with zero attached hydrogens (tertiary/aromatic N) is 1. The number of benzene rings is 1. The quantitative estimate of drug-likeness (QED) is 0.812. The Morgan fingerprint density at radius 2 is 2.05 bits per heavy atom. The monoisotopic (exact) mass is 276 g/mol. The van der Waals surface area contributed by atoms with Gasteiger partial charge in [-0.2, -0.15) is 0 Å². The second-order valence-electron chi connectivity index (χ2n) is 6.13. The molecule has 4 nitrogen and oxygen atoms in total. The predicted molar refractivity (Wildman–Crippen MR) is 81.0 cm³/mol. The maximum Gasteiger partial charge on any atom is 0.265 e. The van der Waals surface area contributed by atoms with Gasteiger partial charge in [-0.1, -0.05) is 32.4 Å². The van der Waals surface area contributed by atoms with Crippen LogP contribution in [0, 0.1) is 5.41 Å². The van der Waals surface area contributed by atoms with Crippen LogP contribution >= 0.6 is 0 Å². The van der Waals surface area contributed by atoms with Crippen LogP contribution in [0.2, 0.25) is 0 Å². The van der Waals surface area contributed by atoms with Crippen molar-refractivity contribution in [2.24, 2.45) is 11.1 Å².